The lowest BCUT2D eigenvalue weighted by Crippen LogP contribution is -2.53. The number of unbranched alkanes of at least 4 members (excludes halogenated alkanes) is 55. The highest BCUT2D eigenvalue weighted by atomic mass is 16.3. The van der Waals surface area contributed by atoms with Crippen molar-refractivity contribution in [2.24, 2.45) is 0 Å². The van der Waals surface area contributed by atoms with Crippen LogP contribution in [-0.4, -0.2) is 57.3 Å². The summed E-state index contributed by atoms with van der Waals surface area (Å²) in [5.41, 5.74) is 0. The van der Waals surface area contributed by atoms with Crippen LogP contribution in [0.4, 0.5) is 0 Å². The van der Waals surface area contributed by atoms with Gasteiger partial charge in [0.2, 0.25) is 5.91 Å². The largest absolute Gasteiger partial charge is 0.394 e. The highest BCUT2D eigenvalue weighted by Gasteiger charge is 2.28. The normalized spacial score (nSPS) is 13.5. The molecule has 6 heteroatoms. The monoisotopic (exact) mass is 1110 g/mol. The summed E-state index contributed by atoms with van der Waals surface area (Å²) in [6.07, 6.45) is 86.1. The van der Waals surface area contributed by atoms with E-state index in [1.54, 1.807) is 0 Å². The van der Waals surface area contributed by atoms with Crippen LogP contribution in [0, 0.1) is 0 Å². The molecule has 1 amide bonds. The molecule has 0 aromatic rings. The van der Waals surface area contributed by atoms with Crippen molar-refractivity contribution in [2.75, 3.05) is 6.61 Å². The summed E-state index contributed by atoms with van der Waals surface area (Å²) in [7, 11) is 0. The molecule has 0 fully saturated rings. The van der Waals surface area contributed by atoms with Gasteiger partial charge in [-0.25, -0.2) is 0 Å². The molecule has 0 aliphatic heterocycles. The summed E-state index contributed by atoms with van der Waals surface area (Å²) >= 11 is 0. The number of aliphatic hydroxyl groups excluding tert-OH is 4. The van der Waals surface area contributed by atoms with Crippen LogP contribution in [-0.2, 0) is 4.79 Å². The van der Waals surface area contributed by atoms with E-state index in [0.717, 1.165) is 38.5 Å². The molecule has 0 bridgehead atoms. The standard InChI is InChI=1S/C73H143NO5/c1-3-5-7-9-11-13-15-17-19-21-23-25-27-29-31-33-35-37-39-41-43-45-47-49-51-53-55-57-59-61-63-65-67-71(77)73(79)74-69(68-75)72(78)70(76)66-64-62-60-58-56-54-52-50-48-46-44-42-40-38-36-34-32-30-28-26-24-22-20-18-16-14-12-10-8-6-4-2/h29,31,58,60,69-72,75-78H,3-28,30,32-57,59,61-68H2,1-2H3,(H,74,79)/b31-29-,60-58+. The quantitative estimate of drug-likeness (QED) is 0.0308. The van der Waals surface area contributed by atoms with Crippen molar-refractivity contribution in [1.82, 2.24) is 5.32 Å². The number of nitrogens with one attached hydrogen (secondary N) is 1. The Kier molecular flexibility index (Phi) is 66.5. The number of rotatable bonds is 68. The zero-order chi connectivity index (χ0) is 57.3. The van der Waals surface area contributed by atoms with E-state index in [1.165, 1.54) is 340 Å². The molecule has 0 aromatic heterocycles. The van der Waals surface area contributed by atoms with Crippen molar-refractivity contribution >= 4 is 5.91 Å². The van der Waals surface area contributed by atoms with Crippen LogP contribution in [0.1, 0.15) is 406 Å². The van der Waals surface area contributed by atoms with E-state index in [1.807, 2.05) is 0 Å². The molecule has 5 N–H and O–H groups in total. The third-order valence-electron chi connectivity index (χ3n) is 17.4. The second-order valence-corrected chi connectivity index (χ2v) is 25.3. The molecule has 0 aliphatic rings. The summed E-state index contributed by atoms with van der Waals surface area (Å²) in [6, 6.07) is -1.00. The smallest absolute Gasteiger partial charge is 0.249 e. The van der Waals surface area contributed by atoms with Gasteiger partial charge in [-0.1, -0.05) is 366 Å². The Balaban J connectivity index is 3.54. The van der Waals surface area contributed by atoms with Gasteiger partial charge in [-0.05, 0) is 64.2 Å². The maximum absolute atomic E-state index is 12.7. The number of carbonyl (C=O) groups excluding carboxylic acids is 1. The molecular weight excluding hydrogens is 971 g/mol. The minimum atomic E-state index is -1.28. The van der Waals surface area contributed by atoms with Gasteiger partial charge in [-0.15, -0.1) is 0 Å². The van der Waals surface area contributed by atoms with Crippen LogP contribution in [0.2, 0.25) is 0 Å². The van der Waals surface area contributed by atoms with E-state index < -0.39 is 36.9 Å². The van der Waals surface area contributed by atoms with Crippen molar-refractivity contribution in [3.8, 4) is 0 Å². The molecule has 6 nitrogen and oxygen atoms in total. The summed E-state index contributed by atoms with van der Waals surface area (Å²) in [6.45, 7) is 4.10. The van der Waals surface area contributed by atoms with E-state index in [-0.39, 0.29) is 0 Å². The van der Waals surface area contributed by atoms with Crippen molar-refractivity contribution in [1.29, 1.82) is 0 Å². The summed E-state index contributed by atoms with van der Waals surface area (Å²) in [5, 5.41) is 44.2. The molecule has 4 unspecified atom stereocenters. The second kappa shape index (κ2) is 67.6. The number of hydrogen-bond acceptors (Lipinski definition) is 5. The summed E-state index contributed by atoms with van der Waals surface area (Å²) in [5.74, 6) is -0.585. The van der Waals surface area contributed by atoms with Crippen LogP contribution in [0.15, 0.2) is 24.3 Å². The third kappa shape index (κ3) is 61.2. The first-order valence-electron chi connectivity index (χ1n) is 36.2. The molecule has 0 rings (SSSR count). The molecule has 470 valence electrons. The van der Waals surface area contributed by atoms with Gasteiger partial charge in [0.25, 0.3) is 0 Å². The molecule has 0 saturated heterocycles. The van der Waals surface area contributed by atoms with Crippen LogP contribution >= 0.6 is 0 Å². The van der Waals surface area contributed by atoms with E-state index in [0.29, 0.717) is 12.8 Å². The van der Waals surface area contributed by atoms with Gasteiger partial charge < -0.3 is 25.7 Å². The lowest BCUT2D eigenvalue weighted by molar-refractivity contribution is -0.132. The van der Waals surface area contributed by atoms with E-state index in [4.69, 9.17) is 0 Å². The molecule has 4 atom stereocenters. The predicted octanol–water partition coefficient (Wildman–Crippen LogP) is 22.5. The average molecular weight is 1110 g/mol. The SMILES string of the molecule is CCCCCCCCCCCCCC/C=C\CCCCCCCCCCCCCCCCCCC(O)C(=O)NC(CO)C(O)C(O)CCC/C=C/CCCCCCCCCCCCCCCCCCCCCCCCCCCC. The van der Waals surface area contributed by atoms with Gasteiger partial charge >= 0.3 is 0 Å². The van der Waals surface area contributed by atoms with Crippen molar-refractivity contribution < 1.29 is 25.2 Å². The van der Waals surface area contributed by atoms with E-state index in [2.05, 4.69) is 43.5 Å². The number of aliphatic hydroxyl groups is 4. The number of carbonyl (C=O) groups is 1. The van der Waals surface area contributed by atoms with Gasteiger partial charge in [-0.2, -0.15) is 0 Å². The Morgan fingerprint density at radius 2 is 0.519 bits per heavy atom. The van der Waals surface area contributed by atoms with Crippen LogP contribution in [0.25, 0.3) is 0 Å². The Morgan fingerprint density at radius 3 is 0.759 bits per heavy atom. The first-order chi connectivity index (χ1) is 39.0. The molecular formula is C73H143NO5. The lowest BCUT2D eigenvalue weighted by Gasteiger charge is -2.27. The highest BCUT2D eigenvalue weighted by molar-refractivity contribution is 5.80. The van der Waals surface area contributed by atoms with Gasteiger partial charge in [0.05, 0.1) is 18.8 Å². The average Bonchev–Trinajstić information content (AvgIpc) is 3.45. The maximum Gasteiger partial charge on any atom is 0.249 e. The fraction of sp³-hybridized carbons (Fsp3) is 0.932. The minimum absolute atomic E-state index is 0.367. The summed E-state index contributed by atoms with van der Waals surface area (Å²) < 4.78 is 0. The van der Waals surface area contributed by atoms with Crippen molar-refractivity contribution in [2.45, 2.75) is 430 Å². The summed E-state index contributed by atoms with van der Waals surface area (Å²) in [4.78, 5) is 12.7. The fourth-order valence-electron chi connectivity index (χ4n) is 11.8. The van der Waals surface area contributed by atoms with E-state index >= 15 is 0 Å². The molecule has 0 radical (unpaired) electrons. The first kappa shape index (κ1) is 77.8. The zero-order valence-electron chi connectivity index (χ0n) is 53.7. The van der Waals surface area contributed by atoms with Crippen LogP contribution in [0.5, 0.6) is 0 Å². The Morgan fingerprint density at radius 1 is 0.304 bits per heavy atom. The topological polar surface area (TPSA) is 110 Å². The molecule has 0 heterocycles. The van der Waals surface area contributed by atoms with Gasteiger partial charge in [0.15, 0.2) is 0 Å². The maximum atomic E-state index is 12.7. The molecule has 0 saturated carbocycles. The third-order valence-corrected chi connectivity index (χ3v) is 17.4. The number of hydrogen-bond donors (Lipinski definition) is 5. The minimum Gasteiger partial charge on any atom is -0.394 e. The Labute approximate surface area is 495 Å². The Bertz CT molecular complexity index is 1210. The zero-order valence-corrected chi connectivity index (χ0v) is 53.7. The predicted molar refractivity (Wildman–Crippen MR) is 348 cm³/mol. The van der Waals surface area contributed by atoms with Crippen LogP contribution in [0.3, 0.4) is 0 Å². The van der Waals surface area contributed by atoms with Gasteiger partial charge in [0, 0.05) is 0 Å². The van der Waals surface area contributed by atoms with E-state index in [9.17, 15) is 25.2 Å². The molecule has 0 aliphatic carbocycles. The second-order valence-electron chi connectivity index (χ2n) is 25.3. The number of amides is 1. The Hall–Kier alpha value is -1.21. The van der Waals surface area contributed by atoms with Gasteiger partial charge in [0.1, 0.15) is 12.2 Å². The lowest BCUT2D eigenvalue weighted by atomic mass is 10.00. The van der Waals surface area contributed by atoms with Crippen LogP contribution < -0.4 is 5.32 Å². The molecule has 79 heavy (non-hydrogen) atoms. The van der Waals surface area contributed by atoms with Crippen molar-refractivity contribution in [3.63, 3.8) is 0 Å². The molecule has 0 aromatic carbocycles. The molecule has 0 spiro atoms. The van der Waals surface area contributed by atoms with Crippen molar-refractivity contribution in [3.05, 3.63) is 24.3 Å². The van der Waals surface area contributed by atoms with Gasteiger partial charge in [-0.3, -0.25) is 4.79 Å². The fourth-order valence-corrected chi connectivity index (χ4v) is 11.8. The first-order valence-corrected chi connectivity index (χ1v) is 36.2. The number of allylic oxidation sites excluding steroid dienone is 4. The highest BCUT2D eigenvalue weighted by Crippen LogP contribution is 2.20.